The molecule has 0 amide bonds. The molecule has 1 rings (SSSR count). The van der Waals surface area contributed by atoms with Gasteiger partial charge in [0.2, 0.25) is 0 Å². The van der Waals surface area contributed by atoms with Gasteiger partial charge in [-0.2, -0.15) is 0 Å². The van der Waals surface area contributed by atoms with Crippen molar-refractivity contribution in [3.63, 3.8) is 0 Å². The molecule has 2 nitrogen and oxygen atoms in total. The van der Waals surface area contributed by atoms with Crippen LogP contribution in [0.3, 0.4) is 0 Å². The Labute approximate surface area is 86.0 Å². The smallest absolute Gasteiger partial charge is 0.138 e. The van der Waals surface area contributed by atoms with Crippen molar-refractivity contribution in [3.8, 4) is 5.75 Å². The Bertz CT molecular complexity index is 273. The Kier molecular flexibility index (Phi) is 4.30. The Morgan fingerprint density at radius 1 is 1.29 bits per heavy atom. The van der Waals surface area contributed by atoms with E-state index in [4.69, 9.17) is 0 Å². The Morgan fingerprint density at radius 3 is 2.57 bits per heavy atom. The number of benzene rings is 1. The number of rotatable bonds is 5. The zero-order chi connectivity index (χ0) is 10.4. The van der Waals surface area contributed by atoms with Crippen LogP contribution in [0.2, 0.25) is 0 Å². The molecule has 0 aliphatic carbocycles. The largest absolute Gasteiger partial charge is 0.506 e. The van der Waals surface area contributed by atoms with E-state index in [0.717, 1.165) is 18.5 Å². The van der Waals surface area contributed by atoms with E-state index in [-0.39, 0.29) is 0 Å². The fraction of sp³-hybridized carbons (Fsp3) is 0.500. The number of anilines is 1. The number of phenolic OH excluding ortho intramolecular Hbond substituents is 1. The quantitative estimate of drug-likeness (QED) is 0.702. The van der Waals surface area contributed by atoms with E-state index in [9.17, 15) is 5.11 Å². The normalized spacial score (nSPS) is 12.4. The summed E-state index contributed by atoms with van der Waals surface area (Å²) in [6, 6.07) is 7.85. The van der Waals surface area contributed by atoms with Crippen molar-refractivity contribution in [1.82, 2.24) is 0 Å². The highest BCUT2D eigenvalue weighted by atomic mass is 16.3. The zero-order valence-electron chi connectivity index (χ0n) is 8.96. The third-order valence-electron chi connectivity index (χ3n) is 2.39. The fourth-order valence-corrected chi connectivity index (χ4v) is 1.54. The maximum atomic E-state index is 9.56. The minimum atomic E-state index is 0.335. The SMILES string of the molecule is CCCC(CC)Nc1ccccc1O. The predicted molar refractivity (Wildman–Crippen MR) is 60.7 cm³/mol. The predicted octanol–water partition coefficient (Wildman–Crippen LogP) is 3.38. The van der Waals surface area contributed by atoms with Crippen molar-refractivity contribution < 1.29 is 5.11 Å². The molecule has 0 aliphatic rings. The number of hydrogen-bond acceptors (Lipinski definition) is 2. The van der Waals surface area contributed by atoms with Gasteiger partial charge in [-0.15, -0.1) is 0 Å². The first-order chi connectivity index (χ1) is 6.77. The lowest BCUT2D eigenvalue weighted by Gasteiger charge is -2.18. The van der Waals surface area contributed by atoms with Gasteiger partial charge in [0.15, 0.2) is 0 Å². The molecule has 0 saturated heterocycles. The van der Waals surface area contributed by atoms with Gasteiger partial charge in [-0.1, -0.05) is 32.4 Å². The second kappa shape index (κ2) is 5.53. The minimum Gasteiger partial charge on any atom is -0.506 e. The lowest BCUT2D eigenvalue weighted by Crippen LogP contribution is -2.17. The highest BCUT2D eigenvalue weighted by molar-refractivity contribution is 5.55. The van der Waals surface area contributed by atoms with Crippen molar-refractivity contribution in [2.45, 2.75) is 39.2 Å². The van der Waals surface area contributed by atoms with Gasteiger partial charge < -0.3 is 10.4 Å². The summed E-state index contributed by atoms with van der Waals surface area (Å²) in [6.45, 7) is 4.34. The molecular formula is C12H19NO. The van der Waals surface area contributed by atoms with Crippen molar-refractivity contribution in [2.24, 2.45) is 0 Å². The van der Waals surface area contributed by atoms with Crippen LogP contribution in [0.4, 0.5) is 5.69 Å². The molecule has 0 aliphatic heterocycles. The molecule has 0 bridgehead atoms. The molecular weight excluding hydrogens is 174 g/mol. The van der Waals surface area contributed by atoms with Crippen LogP contribution in [0, 0.1) is 0 Å². The third kappa shape index (κ3) is 2.95. The van der Waals surface area contributed by atoms with Crippen LogP contribution in [0.25, 0.3) is 0 Å². The van der Waals surface area contributed by atoms with E-state index in [1.807, 2.05) is 18.2 Å². The van der Waals surface area contributed by atoms with Gasteiger partial charge in [0.1, 0.15) is 5.75 Å². The summed E-state index contributed by atoms with van der Waals surface area (Å²) in [7, 11) is 0. The molecule has 1 atom stereocenters. The summed E-state index contributed by atoms with van der Waals surface area (Å²) in [4.78, 5) is 0. The van der Waals surface area contributed by atoms with Gasteiger partial charge in [-0.3, -0.25) is 0 Å². The average molecular weight is 193 g/mol. The molecule has 0 fully saturated rings. The monoisotopic (exact) mass is 193 g/mol. The standard InChI is InChI=1S/C12H19NO/c1-3-7-10(4-2)13-11-8-5-6-9-12(11)14/h5-6,8-10,13-14H,3-4,7H2,1-2H3. The molecule has 2 N–H and O–H groups in total. The molecule has 0 heterocycles. The van der Waals surface area contributed by atoms with Gasteiger partial charge in [-0.25, -0.2) is 0 Å². The summed E-state index contributed by atoms with van der Waals surface area (Å²) < 4.78 is 0. The molecule has 1 aromatic rings. The summed E-state index contributed by atoms with van der Waals surface area (Å²) in [5.41, 5.74) is 0.841. The average Bonchev–Trinajstić information content (AvgIpc) is 2.20. The Morgan fingerprint density at radius 2 is 2.00 bits per heavy atom. The van der Waals surface area contributed by atoms with Crippen molar-refractivity contribution >= 4 is 5.69 Å². The van der Waals surface area contributed by atoms with Crippen LogP contribution in [-0.2, 0) is 0 Å². The van der Waals surface area contributed by atoms with Crippen molar-refractivity contribution in [2.75, 3.05) is 5.32 Å². The minimum absolute atomic E-state index is 0.335. The van der Waals surface area contributed by atoms with E-state index in [1.54, 1.807) is 6.07 Å². The fourth-order valence-electron chi connectivity index (χ4n) is 1.54. The van der Waals surface area contributed by atoms with Crippen molar-refractivity contribution in [3.05, 3.63) is 24.3 Å². The molecule has 1 aromatic carbocycles. The molecule has 0 saturated carbocycles. The molecule has 0 aromatic heterocycles. The van der Waals surface area contributed by atoms with Crippen LogP contribution in [-0.4, -0.2) is 11.1 Å². The first-order valence-corrected chi connectivity index (χ1v) is 5.32. The van der Waals surface area contributed by atoms with E-state index in [0.29, 0.717) is 11.8 Å². The van der Waals surface area contributed by atoms with Gasteiger partial charge in [0.05, 0.1) is 5.69 Å². The number of hydrogen-bond donors (Lipinski definition) is 2. The lowest BCUT2D eigenvalue weighted by atomic mass is 10.1. The van der Waals surface area contributed by atoms with Gasteiger partial charge in [0, 0.05) is 6.04 Å². The maximum absolute atomic E-state index is 9.56. The second-order valence-corrected chi connectivity index (χ2v) is 3.56. The van der Waals surface area contributed by atoms with Crippen LogP contribution >= 0.6 is 0 Å². The Hall–Kier alpha value is -1.18. The molecule has 14 heavy (non-hydrogen) atoms. The number of nitrogens with one attached hydrogen (secondary N) is 1. The van der Waals surface area contributed by atoms with E-state index in [2.05, 4.69) is 19.2 Å². The first-order valence-electron chi connectivity index (χ1n) is 5.32. The molecule has 1 unspecified atom stereocenters. The molecule has 2 heteroatoms. The molecule has 78 valence electrons. The molecule has 0 spiro atoms. The maximum Gasteiger partial charge on any atom is 0.138 e. The van der Waals surface area contributed by atoms with Crippen LogP contribution in [0.15, 0.2) is 24.3 Å². The lowest BCUT2D eigenvalue weighted by molar-refractivity contribution is 0.475. The molecule has 0 radical (unpaired) electrons. The summed E-state index contributed by atoms with van der Waals surface area (Å²) in [5, 5.41) is 12.9. The van der Waals surface area contributed by atoms with Crippen LogP contribution in [0.5, 0.6) is 5.75 Å². The first kappa shape index (κ1) is 10.9. The van der Waals surface area contributed by atoms with E-state index >= 15 is 0 Å². The van der Waals surface area contributed by atoms with Crippen LogP contribution in [0.1, 0.15) is 33.1 Å². The van der Waals surface area contributed by atoms with Gasteiger partial charge in [0.25, 0.3) is 0 Å². The highest BCUT2D eigenvalue weighted by Gasteiger charge is 2.06. The van der Waals surface area contributed by atoms with Crippen LogP contribution < -0.4 is 5.32 Å². The summed E-state index contributed by atoms with van der Waals surface area (Å²) >= 11 is 0. The van der Waals surface area contributed by atoms with E-state index < -0.39 is 0 Å². The van der Waals surface area contributed by atoms with Gasteiger partial charge in [-0.05, 0) is 25.0 Å². The number of para-hydroxylation sites is 2. The number of aromatic hydroxyl groups is 1. The topological polar surface area (TPSA) is 32.3 Å². The highest BCUT2D eigenvalue weighted by Crippen LogP contribution is 2.23. The number of phenols is 1. The van der Waals surface area contributed by atoms with Crippen molar-refractivity contribution in [1.29, 1.82) is 0 Å². The second-order valence-electron chi connectivity index (χ2n) is 3.56. The zero-order valence-corrected chi connectivity index (χ0v) is 8.96. The van der Waals surface area contributed by atoms with E-state index in [1.165, 1.54) is 6.42 Å². The summed E-state index contributed by atoms with van der Waals surface area (Å²) in [5.74, 6) is 0.335. The summed E-state index contributed by atoms with van der Waals surface area (Å²) in [6.07, 6.45) is 3.39. The Balaban J connectivity index is 2.62. The van der Waals surface area contributed by atoms with Gasteiger partial charge >= 0.3 is 0 Å². The third-order valence-corrected chi connectivity index (χ3v) is 2.39.